The molecule has 0 atom stereocenters. The van der Waals surface area contributed by atoms with Gasteiger partial charge in [-0.1, -0.05) is 23.7 Å². The molecule has 1 aliphatic heterocycles. The zero-order valence-corrected chi connectivity index (χ0v) is 12.2. The molecule has 5 nitrogen and oxygen atoms in total. The van der Waals surface area contributed by atoms with Crippen LogP contribution in [0.4, 0.5) is 4.79 Å². The van der Waals surface area contributed by atoms with Gasteiger partial charge in [-0.2, -0.15) is 4.37 Å². The number of carbonyl (C=O) groups is 1. The summed E-state index contributed by atoms with van der Waals surface area (Å²) in [5.74, 6) is 0.245. The summed E-state index contributed by atoms with van der Waals surface area (Å²) in [6, 6.07) is 7.23. The summed E-state index contributed by atoms with van der Waals surface area (Å²) in [5.41, 5.74) is 1.33. The fourth-order valence-electron chi connectivity index (χ4n) is 2.11. The normalized spacial score (nSPS) is 14.6. The van der Waals surface area contributed by atoms with Crippen LogP contribution in [0.2, 0.25) is 5.02 Å². The summed E-state index contributed by atoms with van der Waals surface area (Å²) in [7, 11) is 0. The maximum absolute atomic E-state index is 12.0. The predicted molar refractivity (Wildman–Crippen MR) is 77.2 cm³/mol. The zero-order valence-electron chi connectivity index (χ0n) is 10.6. The second-order valence-corrected chi connectivity index (χ2v) is 5.46. The average molecular weight is 310 g/mol. The third-order valence-corrected chi connectivity index (χ3v) is 3.85. The van der Waals surface area contributed by atoms with Crippen LogP contribution in [-0.2, 0) is 0 Å². The van der Waals surface area contributed by atoms with Crippen LogP contribution in [-0.4, -0.2) is 32.8 Å². The monoisotopic (exact) mass is 309 g/mol. The van der Waals surface area contributed by atoms with Crippen LogP contribution in [0.5, 0.6) is 5.88 Å². The lowest BCUT2D eigenvalue weighted by Gasteiger charge is -2.13. The molecular formula is C13H12ClN3O2S. The third kappa shape index (κ3) is 2.76. The largest absolute Gasteiger partial charge is 0.416 e. The van der Waals surface area contributed by atoms with Crippen molar-refractivity contribution in [3.05, 3.63) is 29.3 Å². The van der Waals surface area contributed by atoms with Gasteiger partial charge in [-0.25, -0.2) is 4.79 Å². The van der Waals surface area contributed by atoms with E-state index in [1.807, 2.05) is 12.1 Å². The molecule has 7 heteroatoms. The SMILES string of the molecule is O=C(Oc1nsnc1-c1cccc(Cl)c1)N1CCCC1. The highest BCUT2D eigenvalue weighted by Gasteiger charge is 2.23. The molecule has 1 aromatic heterocycles. The van der Waals surface area contributed by atoms with E-state index in [2.05, 4.69) is 8.75 Å². The van der Waals surface area contributed by atoms with E-state index in [0.717, 1.165) is 43.2 Å². The number of likely N-dealkylation sites (tertiary alicyclic amines) is 1. The van der Waals surface area contributed by atoms with Crippen LogP contribution in [0.25, 0.3) is 11.3 Å². The zero-order chi connectivity index (χ0) is 13.9. The summed E-state index contributed by atoms with van der Waals surface area (Å²) >= 11 is 6.98. The molecule has 1 aliphatic rings. The maximum Gasteiger partial charge on any atom is 0.416 e. The average Bonchev–Trinajstić information content (AvgIpc) is 3.09. The number of carbonyl (C=O) groups excluding carboxylic acids is 1. The van der Waals surface area contributed by atoms with Crippen molar-refractivity contribution in [3.8, 4) is 17.1 Å². The van der Waals surface area contributed by atoms with Gasteiger partial charge in [0.05, 0.1) is 11.7 Å². The fraction of sp³-hybridized carbons (Fsp3) is 0.308. The van der Waals surface area contributed by atoms with Crippen LogP contribution in [0.15, 0.2) is 24.3 Å². The molecule has 0 bridgehead atoms. The van der Waals surface area contributed by atoms with Gasteiger partial charge in [-0.3, -0.25) is 0 Å². The number of nitrogens with zero attached hydrogens (tertiary/aromatic N) is 3. The third-order valence-electron chi connectivity index (χ3n) is 3.10. The molecule has 3 rings (SSSR count). The molecule has 1 aromatic carbocycles. The Kier molecular flexibility index (Phi) is 3.84. The Bertz CT molecular complexity index is 626. The quantitative estimate of drug-likeness (QED) is 0.852. The second-order valence-electron chi connectivity index (χ2n) is 4.49. The number of aromatic nitrogens is 2. The van der Waals surface area contributed by atoms with Gasteiger partial charge < -0.3 is 9.64 Å². The summed E-state index contributed by atoms with van der Waals surface area (Å²) in [6.07, 6.45) is 1.68. The van der Waals surface area contributed by atoms with Gasteiger partial charge in [-0.15, -0.1) is 4.37 Å². The molecule has 0 unspecified atom stereocenters. The first-order chi connectivity index (χ1) is 9.74. The Morgan fingerprint density at radius 2 is 2.10 bits per heavy atom. The first kappa shape index (κ1) is 13.3. The van der Waals surface area contributed by atoms with E-state index in [4.69, 9.17) is 16.3 Å². The number of hydrogen-bond donors (Lipinski definition) is 0. The minimum atomic E-state index is -0.363. The van der Waals surface area contributed by atoms with Gasteiger partial charge in [0.2, 0.25) is 0 Å². The molecule has 0 aliphatic carbocycles. The number of benzene rings is 1. The summed E-state index contributed by atoms with van der Waals surface area (Å²) < 4.78 is 13.6. The van der Waals surface area contributed by atoms with E-state index in [1.54, 1.807) is 17.0 Å². The molecule has 20 heavy (non-hydrogen) atoms. The van der Waals surface area contributed by atoms with E-state index in [0.29, 0.717) is 10.7 Å². The first-order valence-corrected chi connectivity index (χ1v) is 7.40. The lowest BCUT2D eigenvalue weighted by molar-refractivity contribution is 0.161. The van der Waals surface area contributed by atoms with Gasteiger partial charge in [0.1, 0.15) is 5.69 Å². The number of ether oxygens (including phenoxy) is 1. The molecule has 0 radical (unpaired) electrons. The van der Waals surface area contributed by atoms with Gasteiger partial charge in [0.15, 0.2) is 0 Å². The Morgan fingerprint density at radius 1 is 1.30 bits per heavy atom. The van der Waals surface area contributed by atoms with Gasteiger partial charge in [0, 0.05) is 23.7 Å². The maximum atomic E-state index is 12.0. The van der Waals surface area contributed by atoms with Crippen LogP contribution in [0.1, 0.15) is 12.8 Å². The minimum absolute atomic E-state index is 0.245. The highest BCUT2D eigenvalue weighted by molar-refractivity contribution is 6.99. The number of rotatable bonds is 2. The summed E-state index contributed by atoms with van der Waals surface area (Å²) in [6.45, 7) is 1.48. The smallest absolute Gasteiger partial charge is 0.388 e. The van der Waals surface area contributed by atoms with Crippen molar-refractivity contribution in [2.75, 3.05) is 13.1 Å². The van der Waals surface area contributed by atoms with Crippen LogP contribution in [0.3, 0.4) is 0 Å². The van der Waals surface area contributed by atoms with Crippen molar-refractivity contribution in [2.45, 2.75) is 12.8 Å². The Balaban J connectivity index is 1.81. The lowest BCUT2D eigenvalue weighted by atomic mass is 10.2. The van der Waals surface area contributed by atoms with E-state index >= 15 is 0 Å². The van der Waals surface area contributed by atoms with E-state index in [1.165, 1.54) is 0 Å². The van der Waals surface area contributed by atoms with Crippen molar-refractivity contribution in [2.24, 2.45) is 0 Å². The Morgan fingerprint density at radius 3 is 2.85 bits per heavy atom. The topological polar surface area (TPSA) is 55.3 Å². The molecule has 2 aromatic rings. The standard InChI is InChI=1S/C13H12ClN3O2S/c14-10-5-3-4-9(8-10)11-12(16-20-15-11)19-13(18)17-6-1-2-7-17/h3-5,8H,1-2,6-7H2. The fourth-order valence-corrected chi connectivity index (χ4v) is 2.80. The minimum Gasteiger partial charge on any atom is -0.388 e. The van der Waals surface area contributed by atoms with Crippen molar-refractivity contribution in [3.63, 3.8) is 0 Å². The van der Waals surface area contributed by atoms with Gasteiger partial charge >= 0.3 is 6.09 Å². The van der Waals surface area contributed by atoms with Crippen LogP contribution >= 0.6 is 23.3 Å². The molecule has 0 spiro atoms. The molecule has 104 valence electrons. The van der Waals surface area contributed by atoms with Gasteiger partial charge in [-0.05, 0) is 25.0 Å². The molecule has 1 saturated heterocycles. The van der Waals surface area contributed by atoms with E-state index in [9.17, 15) is 4.79 Å². The molecular weight excluding hydrogens is 298 g/mol. The predicted octanol–water partition coefficient (Wildman–Crippen LogP) is 3.45. The van der Waals surface area contributed by atoms with Crippen molar-refractivity contribution in [1.82, 2.24) is 13.6 Å². The molecule has 2 heterocycles. The first-order valence-electron chi connectivity index (χ1n) is 6.29. The lowest BCUT2D eigenvalue weighted by Crippen LogP contribution is -2.30. The highest BCUT2D eigenvalue weighted by atomic mass is 35.5. The summed E-state index contributed by atoms with van der Waals surface area (Å²) in [5, 5.41) is 0.604. The molecule has 1 amide bonds. The number of amides is 1. The van der Waals surface area contributed by atoms with Crippen molar-refractivity contribution >= 4 is 29.4 Å². The highest BCUT2D eigenvalue weighted by Crippen LogP contribution is 2.30. The Labute approximate surface area is 125 Å². The van der Waals surface area contributed by atoms with Crippen LogP contribution < -0.4 is 4.74 Å². The number of halogens is 1. The summed E-state index contributed by atoms with van der Waals surface area (Å²) in [4.78, 5) is 13.7. The number of hydrogen-bond acceptors (Lipinski definition) is 5. The van der Waals surface area contributed by atoms with Crippen LogP contribution in [0, 0.1) is 0 Å². The molecule has 1 fully saturated rings. The van der Waals surface area contributed by atoms with E-state index < -0.39 is 0 Å². The van der Waals surface area contributed by atoms with Crippen molar-refractivity contribution in [1.29, 1.82) is 0 Å². The molecule has 0 N–H and O–H groups in total. The van der Waals surface area contributed by atoms with E-state index in [-0.39, 0.29) is 12.0 Å². The second kappa shape index (κ2) is 5.76. The van der Waals surface area contributed by atoms with Gasteiger partial charge in [0.25, 0.3) is 5.88 Å². The Hall–Kier alpha value is -1.66. The molecule has 0 saturated carbocycles. The van der Waals surface area contributed by atoms with Crippen molar-refractivity contribution < 1.29 is 9.53 Å².